The molecule has 4 rings (SSSR count). The molecule has 5 nitrogen and oxygen atoms in total. The van der Waals surface area contributed by atoms with E-state index in [2.05, 4.69) is 60.4 Å². The Kier molecular flexibility index (Phi) is 7.81. The van der Waals surface area contributed by atoms with Gasteiger partial charge in [-0.1, -0.05) is 66.2 Å². The predicted octanol–water partition coefficient (Wildman–Crippen LogP) is 7.26. The maximum absolute atomic E-state index is 11.2. The average Bonchev–Trinajstić information content (AvgIpc) is 2.89. The lowest BCUT2D eigenvalue weighted by Gasteiger charge is -2.26. The summed E-state index contributed by atoms with van der Waals surface area (Å²) in [5.41, 5.74) is 8.33. The lowest BCUT2D eigenvalue weighted by molar-refractivity contribution is -0.143. The zero-order valence-electron chi connectivity index (χ0n) is 20.7. The summed E-state index contributed by atoms with van der Waals surface area (Å²) in [6, 6.07) is 32.8. The van der Waals surface area contributed by atoms with E-state index in [1.165, 1.54) is 25.0 Å². The number of carbonyl (C=O) groups excluding carboxylic acids is 2. The van der Waals surface area contributed by atoms with Crippen LogP contribution >= 0.6 is 0 Å². The van der Waals surface area contributed by atoms with E-state index in [9.17, 15) is 9.59 Å². The van der Waals surface area contributed by atoms with Crippen molar-refractivity contribution < 1.29 is 19.1 Å². The number of rotatable bonds is 8. The van der Waals surface area contributed by atoms with Gasteiger partial charge in [0.1, 0.15) is 13.2 Å². The zero-order valence-corrected chi connectivity index (χ0v) is 20.7. The number of ether oxygens (including phenoxy) is 2. The molecule has 0 radical (unpaired) electrons. The zero-order chi connectivity index (χ0) is 25.5. The first-order chi connectivity index (χ1) is 17.4. The minimum absolute atomic E-state index is 0.242. The summed E-state index contributed by atoms with van der Waals surface area (Å²) in [5, 5.41) is 0. The molecule has 0 N–H and O–H groups in total. The van der Waals surface area contributed by atoms with Crippen LogP contribution in [-0.2, 0) is 32.3 Å². The quantitative estimate of drug-likeness (QED) is 0.249. The van der Waals surface area contributed by atoms with Crippen LogP contribution in [0.2, 0.25) is 0 Å². The summed E-state index contributed by atoms with van der Waals surface area (Å²) in [6.45, 7) is 5.38. The van der Waals surface area contributed by atoms with Crippen LogP contribution in [0.5, 0.6) is 0 Å². The van der Waals surface area contributed by atoms with Crippen LogP contribution in [0.4, 0.5) is 17.1 Å². The number of hydrogen-bond acceptors (Lipinski definition) is 5. The van der Waals surface area contributed by atoms with Gasteiger partial charge in [-0.25, -0.2) is 0 Å². The molecule has 4 aromatic rings. The lowest BCUT2D eigenvalue weighted by Crippen LogP contribution is -2.10. The SMILES string of the molecule is CC(=O)OCc1ccc(N(c2ccc(COC(C)=O)cc2)c2ccc(-c3ccc(C)cc3)cc2)cc1. The van der Waals surface area contributed by atoms with Gasteiger partial charge in [0, 0.05) is 30.9 Å². The third-order valence-corrected chi connectivity index (χ3v) is 5.78. The monoisotopic (exact) mass is 479 g/mol. The highest BCUT2D eigenvalue weighted by Crippen LogP contribution is 2.36. The second-order valence-corrected chi connectivity index (χ2v) is 8.64. The van der Waals surface area contributed by atoms with Gasteiger partial charge in [0.25, 0.3) is 0 Å². The van der Waals surface area contributed by atoms with Gasteiger partial charge in [0.15, 0.2) is 0 Å². The molecule has 0 fully saturated rings. The summed E-state index contributed by atoms with van der Waals surface area (Å²) < 4.78 is 10.2. The molecule has 0 bridgehead atoms. The van der Waals surface area contributed by atoms with E-state index in [-0.39, 0.29) is 25.2 Å². The smallest absolute Gasteiger partial charge is 0.302 e. The minimum Gasteiger partial charge on any atom is -0.461 e. The van der Waals surface area contributed by atoms with Crippen molar-refractivity contribution in [1.29, 1.82) is 0 Å². The number of aryl methyl sites for hydroxylation is 1. The molecule has 0 aliphatic rings. The fourth-order valence-corrected chi connectivity index (χ4v) is 3.85. The molecule has 36 heavy (non-hydrogen) atoms. The molecule has 0 unspecified atom stereocenters. The van der Waals surface area contributed by atoms with Crippen molar-refractivity contribution in [3.05, 3.63) is 114 Å². The molecule has 0 aromatic heterocycles. The standard InChI is InChI=1S/C31H29NO4/c1-22-4-10-27(11-5-22)28-12-18-31(19-13-28)32(29-14-6-25(7-15-29)20-35-23(2)33)30-16-8-26(9-17-30)21-36-24(3)34/h4-19H,20-21H2,1-3H3. The Labute approximate surface area is 211 Å². The molecule has 5 heteroatoms. The van der Waals surface area contributed by atoms with Gasteiger partial charge < -0.3 is 14.4 Å². The molecule has 0 aliphatic heterocycles. The third-order valence-electron chi connectivity index (χ3n) is 5.78. The second-order valence-electron chi connectivity index (χ2n) is 8.64. The summed E-state index contributed by atoms with van der Waals surface area (Å²) in [4.78, 5) is 24.5. The van der Waals surface area contributed by atoms with Crippen LogP contribution in [0.15, 0.2) is 97.1 Å². The first-order valence-electron chi connectivity index (χ1n) is 11.8. The first kappa shape index (κ1) is 24.7. The van der Waals surface area contributed by atoms with Crippen LogP contribution in [0.3, 0.4) is 0 Å². The maximum Gasteiger partial charge on any atom is 0.302 e. The first-order valence-corrected chi connectivity index (χ1v) is 11.8. The molecular formula is C31H29NO4. The highest BCUT2D eigenvalue weighted by molar-refractivity contribution is 5.78. The van der Waals surface area contributed by atoms with Crippen molar-refractivity contribution in [2.75, 3.05) is 4.90 Å². The Balaban J connectivity index is 1.65. The summed E-state index contributed by atoms with van der Waals surface area (Å²) in [7, 11) is 0. The molecule has 0 saturated carbocycles. The topological polar surface area (TPSA) is 55.8 Å². The number of hydrogen-bond donors (Lipinski definition) is 0. The van der Waals surface area contributed by atoms with Gasteiger partial charge in [-0.05, 0) is 65.6 Å². The molecule has 4 aromatic carbocycles. The van der Waals surface area contributed by atoms with Crippen LogP contribution in [-0.4, -0.2) is 11.9 Å². The number of esters is 2. The van der Waals surface area contributed by atoms with Gasteiger partial charge in [-0.2, -0.15) is 0 Å². The van der Waals surface area contributed by atoms with Crippen LogP contribution in [0, 0.1) is 6.92 Å². The van der Waals surface area contributed by atoms with Crippen LogP contribution < -0.4 is 4.90 Å². The van der Waals surface area contributed by atoms with E-state index in [4.69, 9.17) is 9.47 Å². The molecule has 182 valence electrons. The van der Waals surface area contributed by atoms with Crippen LogP contribution in [0.1, 0.15) is 30.5 Å². The Hall–Kier alpha value is -4.38. The highest BCUT2D eigenvalue weighted by atomic mass is 16.5. The van der Waals surface area contributed by atoms with Crippen LogP contribution in [0.25, 0.3) is 11.1 Å². The van der Waals surface area contributed by atoms with Crippen molar-refractivity contribution in [2.45, 2.75) is 34.0 Å². The Bertz CT molecular complexity index is 1250. The van der Waals surface area contributed by atoms with Gasteiger partial charge in [0.2, 0.25) is 0 Å². The number of anilines is 3. The summed E-state index contributed by atoms with van der Waals surface area (Å²) in [6.07, 6.45) is 0. The fourth-order valence-electron chi connectivity index (χ4n) is 3.85. The minimum atomic E-state index is -0.303. The van der Waals surface area contributed by atoms with Gasteiger partial charge in [-0.15, -0.1) is 0 Å². The van der Waals surface area contributed by atoms with E-state index in [1.807, 2.05) is 48.5 Å². The van der Waals surface area contributed by atoms with E-state index in [1.54, 1.807) is 0 Å². The van der Waals surface area contributed by atoms with E-state index < -0.39 is 0 Å². The van der Waals surface area contributed by atoms with Gasteiger partial charge >= 0.3 is 11.9 Å². The molecule has 0 aliphatic carbocycles. The molecular weight excluding hydrogens is 450 g/mol. The maximum atomic E-state index is 11.2. The largest absolute Gasteiger partial charge is 0.461 e. The Morgan fingerprint density at radius 3 is 1.25 bits per heavy atom. The van der Waals surface area contributed by atoms with Crippen molar-refractivity contribution >= 4 is 29.0 Å². The van der Waals surface area contributed by atoms with E-state index in [0.29, 0.717) is 0 Å². The number of nitrogens with zero attached hydrogens (tertiary/aromatic N) is 1. The average molecular weight is 480 g/mol. The van der Waals surface area contributed by atoms with Crippen molar-refractivity contribution in [3.8, 4) is 11.1 Å². The lowest BCUT2D eigenvalue weighted by atomic mass is 10.0. The van der Waals surface area contributed by atoms with Gasteiger partial charge in [0.05, 0.1) is 0 Å². The highest BCUT2D eigenvalue weighted by Gasteiger charge is 2.13. The normalized spacial score (nSPS) is 10.5. The van der Waals surface area contributed by atoms with Crippen molar-refractivity contribution in [3.63, 3.8) is 0 Å². The molecule has 0 spiro atoms. The summed E-state index contributed by atoms with van der Waals surface area (Å²) >= 11 is 0. The number of benzene rings is 4. The molecule has 0 amide bonds. The van der Waals surface area contributed by atoms with Crippen molar-refractivity contribution in [2.24, 2.45) is 0 Å². The van der Waals surface area contributed by atoms with E-state index >= 15 is 0 Å². The molecule has 0 saturated heterocycles. The molecule has 0 heterocycles. The second kappa shape index (κ2) is 11.4. The van der Waals surface area contributed by atoms with Gasteiger partial charge in [-0.3, -0.25) is 9.59 Å². The number of carbonyl (C=O) groups is 2. The van der Waals surface area contributed by atoms with Crippen molar-refractivity contribution in [1.82, 2.24) is 0 Å². The summed E-state index contributed by atoms with van der Waals surface area (Å²) in [5.74, 6) is -0.605. The fraction of sp³-hybridized carbons (Fsp3) is 0.161. The molecule has 0 atom stereocenters. The predicted molar refractivity (Wildman–Crippen MR) is 142 cm³/mol. The van der Waals surface area contributed by atoms with E-state index in [0.717, 1.165) is 33.8 Å². The Morgan fingerprint density at radius 1 is 0.556 bits per heavy atom. The third kappa shape index (κ3) is 6.39. The Morgan fingerprint density at radius 2 is 0.889 bits per heavy atom.